The van der Waals surface area contributed by atoms with E-state index in [2.05, 4.69) is 26.2 Å². The average molecular weight is 407 g/mol. The monoisotopic (exact) mass is 406 g/mol. The summed E-state index contributed by atoms with van der Waals surface area (Å²) in [6.07, 6.45) is 0. The van der Waals surface area contributed by atoms with Crippen LogP contribution in [-0.4, -0.2) is 10.9 Å². The fourth-order valence-corrected chi connectivity index (χ4v) is 3.16. The molecule has 0 atom stereocenters. The number of carbonyl (C=O) groups excluding carboxylic acids is 1. The molecule has 4 aromatic rings. The molecule has 0 saturated carbocycles. The van der Waals surface area contributed by atoms with Crippen molar-refractivity contribution in [2.75, 3.05) is 5.32 Å². The van der Waals surface area contributed by atoms with Crippen molar-refractivity contribution in [3.05, 3.63) is 82.3 Å². The summed E-state index contributed by atoms with van der Waals surface area (Å²) in [4.78, 5) is 16.9. The number of para-hydroxylation sites is 2. The second-order valence-corrected chi connectivity index (χ2v) is 6.90. The van der Waals surface area contributed by atoms with E-state index in [0.29, 0.717) is 11.5 Å². The van der Waals surface area contributed by atoms with Crippen molar-refractivity contribution in [1.29, 1.82) is 0 Å². The van der Waals surface area contributed by atoms with Gasteiger partial charge in [-0.15, -0.1) is 0 Å². The number of halogens is 1. The molecule has 1 heterocycles. The lowest BCUT2D eigenvalue weighted by Crippen LogP contribution is -2.12. The molecule has 0 radical (unpaired) electrons. The van der Waals surface area contributed by atoms with Crippen LogP contribution in [0.25, 0.3) is 22.6 Å². The predicted octanol–water partition coefficient (Wildman–Crippen LogP) is 5.82. The van der Waals surface area contributed by atoms with Gasteiger partial charge in [-0.25, -0.2) is 4.98 Å². The van der Waals surface area contributed by atoms with Crippen LogP contribution < -0.4 is 5.32 Å². The van der Waals surface area contributed by atoms with Gasteiger partial charge in [-0.1, -0.05) is 34.1 Å². The van der Waals surface area contributed by atoms with E-state index in [9.17, 15) is 4.79 Å². The largest absolute Gasteiger partial charge is 0.436 e. The quantitative estimate of drug-likeness (QED) is 0.466. The number of aryl methyl sites for hydroxylation is 1. The summed E-state index contributed by atoms with van der Waals surface area (Å²) >= 11 is 3.38. The summed E-state index contributed by atoms with van der Waals surface area (Å²) < 4.78 is 6.68. The van der Waals surface area contributed by atoms with Crippen LogP contribution in [-0.2, 0) is 0 Å². The van der Waals surface area contributed by atoms with Crippen LogP contribution >= 0.6 is 15.9 Å². The first-order valence-corrected chi connectivity index (χ1v) is 8.93. The van der Waals surface area contributed by atoms with Crippen molar-refractivity contribution in [3.8, 4) is 11.5 Å². The molecule has 5 heteroatoms. The van der Waals surface area contributed by atoms with E-state index in [4.69, 9.17) is 4.42 Å². The Balaban J connectivity index is 1.60. The molecule has 0 saturated heterocycles. The van der Waals surface area contributed by atoms with Gasteiger partial charge in [0.15, 0.2) is 5.58 Å². The van der Waals surface area contributed by atoms with E-state index < -0.39 is 0 Å². The van der Waals surface area contributed by atoms with Gasteiger partial charge in [0.2, 0.25) is 5.89 Å². The third-order valence-corrected chi connectivity index (χ3v) is 4.60. The Morgan fingerprint density at radius 1 is 1.04 bits per heavy atom. The van der Waals surface area contributed by atoms with Gasteiger partial charge in [-0.3, -0.25) is 4.79 Å². The van der Waals surface area contributed by atoms with Gasteiger partial charge in [-0.2, -0.15) is 0 Å². The molecule has 26 heavy (non-hydrogen) atoms. The molecule has 0 spiro atoms. The number of nitrogens with zero attached hydrogens (tertiary/aromatic N) is 1. The summed E-state index contributed by atoms with van der Waals surface area (Å²) in [5, 5.41) is 2.95. The van der Waals surface area contributed by atoms with Crippen LogP contribution in [0.4, 0.5) is 5.69 Å². The van der Waals surface area contributed by atoms with Crippen LogP contribution in [0.5, 0.6) is 0 Å². The summed E-state index contributed by atoms with van der Waals surface area (Å²) in [6.45, 7) is 1.95. The highest BCUT2D eigenvalue weighted by Crippen LogP contribution is 2.27. The average Bonchev–Trinajstić information content (AvgIpc) is 3.07. The maximum Gasteiger partial charge on any atom is 0.255 e. The Labute approximate surface area is 159 Å². The van der Waals surface area contributed by atoms with Crippen LogP contribution in [0, 0.1) is 6.92 Å². The highest BCUT2D eigenvalue weighted by molar-refractivity contribution is 9.10. The maximum atomic E-state index is 12.4. The number of fused-ring (bicyclic) bond motifs is 1. The number of rotatable bonds is 3. The van der Waals surface area contributed by atoms with Gasteiger partial charge in [0.05, 0.1) is 0 Å². The Morgan fingerprint density at radius 3 is 2.65 bits per heavy atom. The van der Waals surface area contributed by atoms with E-state index >= 15 is 0 Å². The van der Waals surface area contributed by atoms with Crippen molar-refractivity contribution in [3.63, 3.8) is 0 Å². The normalized spacial score (nSPS) is 10.8. The minimum absolute atomic E-state index is 0.149. The fourth-order valence-electron chi connectivity index (χ4n) is 2.76. The van der Waals surface area contributed by atoms with Gasteiger partial charge in [0, 0.05) is 21.3 Å². The molecule has 4 nitrogen and oxygen atoms in total. The van der Waals surface area contributed by atoms with Crippen LogP contribution in [0.2, 0.25) is 0 Å². The van der Waals surface area contributed by atoms with E-state index in [1.165, 1.54) is 0 Å². The molecule has 3 aromatic carbocycles. The Kier molecular flexibility index (Phi) is 4.31. The van der Waals surface area contributed by atoms with Gasteiger partial charge >= 0.3 is 0 Å². The Hall–Kier alpha value is -2.92. The molecule has 0 unspecified atom stereocenters. The van der Waals surface area contributed by atoms with Crippen molar-refractivity contribution < 1.29 is 9.21 Å². The SMILES string of the molecule is Cc1cc(-c2nc3ccccc3o2)ccc1NC(=O)c1cccc(Br)c1. The predicted molar refractivity (Wildman–Crippen MR) is 106 cm³/mol. The zero-order valence-corrected chi connectivity index (χ0v) is 15.6. The second-order valence-electron chi connectivity index (χ2n) is 5.98. The minimum Gasteiger partial charge on any atom is -0.436 e. The van der Waals surface area contributed by atoms with Crippen molar-refractivity contribution in [2.24, 2.45) is 0 Å². The number of benzene rings is 3. The lowest BCUT2D eigenvalue weighted by molar-refractivity contribution is 0.102. The van der Waals surface area contributed by atoms with E-state index in [0.717, 1.165) is 32.4 Å². The van der Waals surface area contributed by atoms with Crippen LogP contribution in [0.1, 0.15) is 15.9 Å². The van der Waals surface area contributed by atoms with Crippen LogP contribution in [0.15, 0.2) is 75.6 Å². The standard InChI is InChI=1S/C21H15BrN2O2/c1-13-11-15(21-24-18-7-2-3-8-19(18)26-21)9-10-17(13)23-20(25)14-5-4-6-16(22)12-14/h2-12H,1H3,(H,23,25). The summed E-state index contributed by atoms with van der Waals surface area (Å²) in [6, 6.07) is 20.7. The van der Waals surface area contributed by atoms with Crippen molar-refractivity contribution in [1.82, 2.24) is 4.98 Å². The van der Waals surface area contributed by atoms with Gasteiger partial charge in [-0.05, 0) is 61.0 Å². The lowest BCUT2D eigenvalue weighted by Gasteiger charge is -2.09. The van der Waals surface area contributed by atoms with E-state index in [1.54, 1.807) is 12.1 Å². The minimum atomic E-state index is -0.149. The van der Waals surface area contributed by atoms with Gasteiger partial charge < -0.3 is 9.73 Å². The molecule has 0 aliphatic carbocycles. The fraction of sp³-hybridized carbons (Fsp3) is 0.0476. The third kappa shape index (κ3) is 3.26. The summed E-state index contributed by atoms with van der Waals surface area (Å²) in [5.74, 6) is 0.420. The summed E-state index contributed by atoms with van der Waals surface area (Å²) in [5.41, 5.74) is 4.75. The smallest absolute Gasteiger partial charge is 0.255 e. The molecule has 0 aliphatic heterocycles. The third-order valence-electron chi connectivity index (χ3n) is 4.10. The zero-order valence-electron chi connectivity index (χ0n) is 14.0. The number of hydrogen-bond donors (Lipinski definition) is 1. The van der Waals surface area contributed by atoms with Gasteiger partial charge in [0.25, 0.3) is 5.91 Å². The van der Waals surface area contributed by atoms with Crippen LogP contribution in [0.3, 0.4) is 0 Å². The summed E-state index contributed by atoms with van der Waals surface area (Å²) in [7, 11) is 0. The molecule has 128 valence electrons. The Morgan fingerprint density at radius 2 is 1.88 bits per heavy atom. The number of hydrogen-bond acceptors (Lipinski definition) is 3. The molecule has 0 aliphatic rings. The van der Waals surface area contributed by atoms with Crippen molar-refractivity contribution in [2.45, 2.75) is 6.92 Å². The van der Waals surface area contributed by atoms with E-state index in [1.807, 2.05) is 61.5 Å². The highest BCUT2D eigenvalue weighted by atomic mass is 79.9. The van der Waals surface area contributed by atoms with E-state index in [-0.39, 0.29) is 5.91 Å². The Bertz CT molecular complexity index is 1080. The number of anilines is 1. The topological polar surface area (TPSA) is 55.1 Å². The number of carbonyl (C=O) groups is 1. The molecular weight excluding hydrogens is 392 g/mol. The second kappa shape index (κ2) is 6.77. The molecule has 4 rings (SSSR count). The molecule has 1 amide bonds. The number of oxazole rings is 1. The molecule has 0 fully saturated rings. The van der Waals surface area contributed by atoms with Crippen molar-refractivity contribution >= 4 is 38.6 Å². The molecule has 1 N–H and O–H groups in total. The molecule has 0 bridgehead atoms. The first-order chi connectivity index (χ1) is 12.6. The first kappa shape index (κ1) is 16.5. The number of amides is 1. The lowest BCUT2D eigenvalue weighted by atomic mass is 10.1. The highest BCUT2D eigenvalue weighted by Gasteiger charge is 2.12. The number of nitrogens with one attached hydrogen (secondary N) is 1. The molecular formula is C21H15BrN2O2. The number of aromatic nitrogens is 1. The van der Waals surface area contributed by atoms with Gasteiger partial charge in [0.1, 0.15) is 5.52 Å². The molecule has 1 aromatic heterocycles. The maximum absolute atomic E-state index is 12.4. The first-order valence-electron chi connectivity index (χ1n) is 8.14. The zero-order chi connectivity index (χ0) is 18.1.